The highest BCUT2D eigenvalue weighted by molar-refractivity contribution is 5.87. The van der Waals surface area contributed by atoms with Gasteiger partial charge in [-0.1, -0.05) is 19.8 Å². The van der Waals surface area contributed by atoms with Crippen LogP contribution in [0.3, 0.4) is 0 Å². The Balaban J connectivity index is 1.95. The third-order valence-corrected chi connectivity index (χ3v) is 5.20. The molecule has 0 bridgehead atoms. The number of likely N-dealkylation sites (tertiary alicyclic amines) is 1. The first-order chi connectivity index (χ1) is 10.0. The molecule has 0 spiro atoms. The smallest absolute Gasteiger partial charge is 0.240 e. The maximum absolute atomic E-state index is 12.6. The van der Waals surface area contributed by atoms with Gasteiger partial charge in [0.2, 0.25) is 5.91 Å². The zero-order chi connectivity index (χ0) is 15.4. The lowest BCUT2D eigenvalue weighted by atomic mass is 9.76. The van der Waals surface area contributed by atoms with Crippen LogP contribution in [0, 0.1) is 11.8 Å². The second kappa shape index (κ2) is 7.36. The number of rotatable bonds is 5. The summed E-state index contributed by atoms with van der Waals surface area (Å²) in [6.07, 6.45) is 6.00. The normalized spacial score (nSPS) is 30.3. The fourth-order valence-electron chi connectivity index (χ4n) is 3.96. The Bertz CT molecular complexity index is 386. The molecule has 0 unspecified atom stereocenters. The van der Waals surface area contributed by atoms with E-state index in [9.17, 15) is 9.59 Å². The first kappa shape index (κ1) is 16.4. The Hall–Kier alpha value is -0.940. The average Bonchev–Trinajstić information content (AvgIpc) is 2.93. The number of carbonyl (C=O) groups is 2. The first-order valence-electron chi connectivity index (χ1n) is 8.35. The van der Waals surface area contributed by atoms with Crippen molar-refractivity contribution in [2.45, 2.75) is 58.4 Å². The minimum Gasteiger partial charge on any atom is -0.300 e. The van der Waals surface area contributed by atoms with Crippen molar-refractivity contribution >= 4 is 11.7 Å². The Morgan fingerprint density at radius 1 is 1.14 bits per heavy atom. The molecule has 120 valence electrons. The van der Waals surface area contributed by atoms with E-state index in [4.69, 9.17) is 5.84 Å². The van der Waals surface area contributed by atoms with Crippen LogP contribution < -0.4 is 5.84 Å². The minimum atomic E-state index is -0.197. The molecule has 1 saturated heterocycles. The molecule has 1 aliphatic heterocycles. The van der Waals surface area contributed by atoms with Crippen LogP contribution >= 0.6 is 0 Å². The van der Waals surface area contributed by atoms with E-state index in [-0.39, 0.29) is 23.5 Å². The molecule has 0 aromatic carbocycles. The van der Waals surface area contributed by atoms with Crippen molar-refractivity contribution in [1.82, 2.24) is 9.91 Å². The molecule has 0 aromatic heterocycles. The summed E-state index contributed by atoms with van der Waals surface area (Å²) in [5.41, 5.74) is 0. The van der Waals surface area contributed by atoms with Crippen LogP contribution in [0.2, 0.25) is 0 Å². The highest BCUT2D eigenvalue weighted by Gasteiger charge is 2.36. The van der Waals surface area contributed by atoms with Crippen molar-refractivity contribution in [1.29, 1.82) is 0 Å². The van der Waals surface area contributed by atoms with E-state index in [2.05, 4.69) is 11.8 Å². The van der Waals surface area contributed by atoms with Gasteiger partial charge in [-0.15, -0.1) is 0 Å². The van der Waals surface area contributed by atoms with Crippen molar-refractivity contribution in [3.05, 3.63) is 0 Å². The molecule has 2 N–H and O–H groups in total. The maximum Gasteiger partial charge on any atom is 0.240 e. The number of nitrogens with two attached hydrogens (primary N) is 1. The number of amides is 1. The lowest BCUT2D eigenvalue weighted by molar-refractivity contribution is -0.143. The van der Waals surface area contributed by atoms with Gasteiger partial charge < -0.3 is 0 Å². The molecule has 1 saturated carbocycles. The summed E-state index contributed by atoms with van der Waals surface area (Å²) in [7, 11) is 0. The van der Waals surface area contributed by atoms with Crippen LogP contribution in [0.25, 0.3) is 0 Å². The molecule has 1 aliphatic carbocycles. The Morgan fingerprint density at radius 2 is 1.81 bits per heavy atom. The summed E-state index contributed by atoms with van der Waals surface area (Å²) in [4.78, 5) is 26.8. The second-order valence-electron chi connectivity index (χ2n) is 6.52. The van der Waals surface area contributed by atoms with E-state index in [0.29, 0.717) is 12.6 Å². The summed E-state index contributed by atoms with van der Waals surface area (Å²) >= 11 is 0. The molecule has 3 atom stereocenters. The lowest BCUT2D eigenvalue weighted by Crippen LogP contribution is -2.50. The quantitative estimate of drug-likeness (QED) is 0.475. The van der Waals surface area contributed by atoms with Crippen LogP contribution in [0.5, 0.6) is 0 Å². The predicted octanol–water partition coefficient (Wildman–Crippen LogP) is 1.57. The highest BCUT2D eigenvalue weighted by Crippen LogP contribution is 2.32. The molecule has 5 nitrogen and oxygen atoms in total. The summed E-state index contributed by atoms with van der Waals surface area (Å²) < 4.78 is 0. The first-order valence-corrected chi connectivity index (χ1v) is 8.35. The standard InChI is InChI=1S/C16H29N3O2/c1-3-18-10-6-7-13(18)11-19(17)16(21)15-9-5-4-8-14(15)12(2)20/h13-15H,3-11,17H2,1-2H3/t13-,14+,15+/m1/s1. The fourth-order valence-corrected chi connectivity index (χ4v) is 3.96. The molecule has 2 fully saturated rings. The average molecular weight is 295 g/mol. The second-order valence-corrected chi connectivity index (χ2v) is 6.52. The third kappa shape index (κ3) is 3.83. The van der Waals surface area contributed by atoms with E-state index in [0.717, 1.165) is 45.2 Å². The zero-order valence-electron chi connectivity index (χ0n) is 13.4. The Labute approximate surface area is 127 Å². The van der Waals surface area contributed by atoms with Gasteiger partial charge in [0, 0.05) is 17.9 Å². The van der Waals surface area contributed by atoms with E-state index >= 15 is 0 Å². The number of Topliss-reactive ketones (excluding diaryl/α,β-unsaturated/α-hetero) is 1. The fraction of sp³-hybridized carbons (Fsp3) is 0.875. The largest absolute Gasteiger partial charge is 0.300 e. The van der Waals surface area contributed by atoms with Gasteiger partial charge in [0.25, 0.3) is 0 Å². The molecule has 1 heterocycles. The molecule has 1 amide bonds. The summed E-state index contributed by atoms with van der Waals surface area (Å²) in [6.45, 7) is 6.45. The van der Waals surface area contributed by atoms with Crippen LogP contribution in [-0.2, 0) is 9.59 Å². The SMILES string of the molecule is CCN1CCC[C@@H]1CN(N)C(=O)[C@H]1CCCC[C@H]1C(C)=O. The Morgan fingerprint density at radius 3 is 2.43 bits per heavy atom. The number of likely N-dealkylation sites (N-methyl/N-ethyl adjacent to an activating group) is 1. The van der Waals surface area contributed by atoms with Gasteiger partial charge >= 0.3 is 0 Å². The molecule has 2 aliphatic rings. The monoisotopic (exact) mass is 295 g/mol. The van der Waals surface area contributed by atoms with Crippen molar-refractivity contribution in [2.24, 2.45) is 17.7 Å². The van der Waals surface area contributed by atoms with Crippen LogP contribution in [-0.4, -0.2) is 47.3 Å². The van der Waals surface area contributed by atoms with E-state index in [1.165, 1.54) is 11.4 Å². The van der Waals surface area contributed by atoms with Crippen LogP contribution in [0.15, 0.2) is 0 Å². The summed E-state index contributed by atoms with van der Waals surface area (Å²) in [5.74, 6) is 5.84. The molecular weight excluding hydrogens is 266 g/mol. The number of carbonyl (C=O) groups excluding carboxylic acids is 2. The summed E-state index contributed by atoms with van der Waals surface area (Å²) in [6, 6.07) is 0.378. The van der Waals surface area contributed by atoms with E-state index in [1.807, 2.05) is 0 Å². The third-order valence-electron chi connectivity index (χ3n) is 5.20. The van der Waals surface area contributed by atoms with Gasteiger partial charge in [0.15, 0.2) is 0 Å². The van der Waals surface area contributed by atoms with Crippen LogP contribution in [0.4, 0.5) is 0 Å². The summed E-state index contributed by atoms with van der Waals surface area (Å²) in [5, 5.41) is 1.39. The van der Waals surface area contributed by atoms with Crippen molar-refractivity contribution in [3.8, 4) is 0 Å². The van der Waals surface area contributed by atoms with E-state index in [1.54, 1.807) is 6.92 Å². The molecule has 5 heteroatoms. The number of hydrazine groups is 1. The zero-order valence-corrected chi connectivity index (χ0v) is 13.4. The lowest BCUT2D eigenvalue weighted by Gasteiger charge is -2.33. The predicted molar refractivity (Wildman–Crippen MR) is 82.3 cm³/mol. The maximum atomic E-state index is 12.6. The number of nitrogens with zero attached hydrogens (tertiary/aromatic N) is 2. The number of hydrogen-bond donors (Lipinski definition) is 1. The van der Waals surface area contributed by atoms with Gasteiger partial charge in [-0.05, 0) is 45.7 Å². The van der Waals surface area contributed by atoms with Crippen molar-refractivity contribution in [3.63, 3.8) is 0 Å². The van der Waals surface area contributed by atoms with Gasteiger partial charge in [-0.2, -0.15) is 0 Å². The van der Waals surface area contributed by atoms with Gasteiger partial charge in [-0.25, -0.2) is 5.84 Å². The number of ketones is 1. The van der Waals surface area contributed by atoms with Crippen molar-refractivity contribution in [2.75, 3.05) is 19.6 Å². The van der Waals surface area contributed by atoms with Gasteiger partial charge in [0.1, 0.15) is 5.78 Å². The van der Waals surface area contributed by atoms with Crippen LogP contribution in [0.1, 0.15) is 52.4 Å². The Kier molecular flexibility index (Phi) is 5.76. The van der Waals surface area contributed by atoms with E-state index < -0.39 is 0 Å². The highest BCUT2D eigenvalue weighted by atomic mass is 16.2. The van der Waals surface area contributed by atoms with Gasteiger partial charge in [-0.3, -0.25) is 19.5 Å². The minimum absolute atomic E-state index is 0.0298. The topological polar surface area (TPSA) is 66.6 Å². The molecule has 0 radical (unpaired) electrons. The van der Waals surface area contributed by atoms with Gasteiger partial charge in [0.05, 0.1) is 6.54 Å². The molecular formula is C16H29N3O2. The molecule has 21 heavy (non-hydrogen) atoms. The van der Waals surface area contributed by atoms with Crippen molar-refractivity contribution < 1.29 is 9.59 Å². The number of hydrogen-bond acceptors (Lipinski definition) is 4. The molecule has 2 rings (SSSR count). The molecule has 0 aromatic rings.